The fraction of sp³-hybridized carbons (Fsp3) is 0.929. The topological polar surface area (TPSA) is 38.3 Å². The van der Waals surface area contributed by atoms with Gasteiger partial charge in [0.1, 0.15) is 0 Å². The first-order valence-corrected chi connectivity index (χ1v) is 8.37. The van der Waals surface area contributed by atoms with Gasteiger partial charge in [0, 0.05) is 24.3 Å². The number of amides is 1. The molecule has 2 aliphatic rings. The molecule has 1 heterocycles. The molecule has 0 bridgehead atoms. The Morgan fingerprint density at radius 1 is 1.33 bits per heavy atom. The van der Waals surface area contributed by atoms with E-state index in [2.05, 4.69) is 12.2 Å². The van der Waals surface area contributed by atoms with Crippen molar-refractivity contribution in [2.24, 2.45) is 0 Å². The van der Waals surface area contributed by atoms with Gasteiger partial charge < -0.3 is 10.1 Å². The minimum Gasteiger partial charge on any atom is -0.378 e. The van der Waals surface area contributed by atoms with Gasteiger partial charge in [-0.1, -0.05) is 13.3 Å². The van der Waals surface area contributed by atoms with Crippen LogP contribution in [-0.4, -0.2) is 35.7 Å². The standard InChI is InChI=1S/C14H25NO2S/c1-2-18-13-7-3-6-12(13)15-14(16)9-8-11-5-4-10-17-11/h11-13H,2-10H2,1H3,(H,15,16)/t11-,12+,13+/m0/s1. The summed E-state index contributed by atoms with van der Waals surface area (Å²) in [5.41, 5.74) is 0. The van der Waals surface area contributed by atoms with Gasteiger partial charge >= 0.3 is 0 Å². The molecule has 104 valence electrons. The van der Waals surface area contributed by atoms with E-state index < -0.39 is 0 Å². The average molecular weight is 271 g/mol. The largest absolute Gasteiger partial charge is 0.378 e. The number of carbonyl (C=O) groups excluding carboxylic acids is 1. The Morgan fingerprint density at radius 2 is 2.22 bits per heavy atom. The van der Waals surface area contributed by atoms with Crippen LogP contribution >= 0.6 is 11.8 Å². The fourth-order valence-electron chi connectivity index (χ4n) is 2.95. The number of thioether (sulfide) groups is 1. The second-order valence-corrected chi connectivity index (χ2v) is 6.79. The maximum Gasteiger partial charge on any atom is 0.220 e. The van der Waals surface area contributed by atoms with Gasteiger partial charge in [-0.05, 0) is 37.9 Å². The van der Waals surface area contributed by atoms with Gasteiger partial charge in [0.2, 0.25) is 5.91 Å². The Hall–Kier alpha value is -0.220. The molecule has 2 fully saturated rings. The minimum absolute atomic E-state index is 0.221. The molecule has 0 aromatic carbocycles. The van der Waals surface area contributed by atoms with E-state index in [4.69, 9.17) is 4.74 Å². The van der Waals surface area contributed by atoms with Crippen LogP contribution in [0, 0.1) is 0 Å². The number of hydrogen-bond acceptors (Lipinski definition) is 3. The predicted octanol–water partition coefficient (Wildman–Crippen LogP) is 2.74. The van der Waals surface area contributed by atoms with Crippen LogP contribution in [0.3, 0.4) is 0 Å². The Morgan fingerprint density at radius 3 is 2.94 bits per heavy atom. The van der Waals surface area contributed by atoms with E-state index in [-0.39, 0.29) is 5.91 Å². The van der Waals surface area contributed by atoms with E-state index in [0.29, 0.717) is 23.8 Å². The first-order chi connectivity index (χ1) is 8.79. The fourth-order valence-corrected chi connectivity index (χ4v) is 4.15. The maximum absolute atomic E-state index is 11.9. The van der Waals surface area contributed by atoms with Crippen molar-refractivity contribution in [3.8, 4) is 0 Å². The number of carbonyl (C=O) groups is 1. The van der Waals surface area contributed by atoms with Gasteiger partial charge in [0.05, 0.1) is 6.10 Å². The molecule has 0 aromatic rings. The van der Waals surface area contributed by atoms with Crippen molar-refractivity contribution in [1.82, 2.24) is 5.32 Å². The zero-order valence-corrected chi connectivity index (χ0v) is 12.1. The average Bonchev–Trinajstić information content (AvgIpc) is 2.99. The van der Waals surface area contributed by atoms with E-state index >= 15 is 0 Å². The van der Waals surface area contributed by atoms with E-state index in [0.717, 1.165) is 38.0 Å². The molecule has 0 unspecified atom stereocenters. The lowest BCUT2D eigenvalue weighted by Gasteiger charge is -2.20. The van der Waals surface area contributed by atoms with E-state index in [1.54, 1.807) is 0 Å². The molecule has 0 radical (unpaired) electrons. The quantitative estimate of drug-likeness (QED) is 0.807. The molecule has 1 N–H and O–H groups in total. The highest BCUT2D eigenvalue weighted by atomic mass is 32.2. The Bertz CT molecular complexity index is 267. The summed E-state index contributed by atoms with van der Waals surface area (Å²) in [6, 6.07) is 0.409. The number of ether oxygens (including phenoxy) is 1. The van der Waals surface area contributed by atoms with Crippen molar-refractivity contribution >= 4 is 17.7 Å². The molecule has 3 atom stereocenters. The molecule has 0 aromatic heterocycles. The van der Waals surface area contributed by atoms with Crippen LogP contribution < -0.4 is 5.32 Å². The van der Waals surface area contributed by atoms with Crippen LogP contribution in [0.2, 0.25) is 0 Å². The van der Waals surface area contributed by atoms with E-state index in [1.807, 2.05) is 11.8 Å². The Labute approximate surface area is 114 Å². The predicted molar refractivity (Wildman–Crippen MR) is 75.9 cm³/mol. The summed E-state index contributed by atoms with van der Waals surface area (Å²) in [6.07, 6.45) is 7.82. The molecule has 1 aliphatic carbocycles. The summed E-state index contributed by atoms with van der Waals surface area (Å²) in [6.45, 7) is 3.07. The second kappa shape index (κ2) is 7.39. The first kappa shape index (κ1) is 14.2. The van der Waals surface area contributed by atoms with Crippen LogP contribution in [0.1, 0.15) is 51.9 Å². The molecule has 18 heavy (non-hydrogen) atoms. The summed E-state index contributed by atoms with van der Waals surface area (Å²) in [7, 11) is 0. The zero-order valence-electron chi connectivity index (χ0n) is 11.3. The highest BCUT2D eigenvalue weighted by molar-refractivity contribution is 7.99. The van der Waals surface area contributed by atoms with E-state index in [1.165, 1.54) is 12.8 Å². The summed E-state index contributed by atoms with van der Waals surface area (Å²) in [5, 5.41) is 3.86. The molecular weight excluding hydrogens is 246 g/mol. The van der Waals surface area contributed by atoms with Crippen LogP contribution in [0.15, 0.2) is 0 Å². The SMILES string of the molecule is CCS[C@@H]1CCC[C@H]1NC(=O)CC[C@@H]1CCCO1. The number of rotatable bonds is 6. The Kier molecular flexibility index (Phi) is 5.83. The molecule has 1 saturated carbocycles. The van der Waals surface area contributed by atoms with E-state index in [9.17, 15) is 4.79 Å². The highest BCUT2D eigenvalue weighted by Gasteiger charge is 2.28. The van der Waals surface area contributed by atoms with Crippen LogP contribution in [0.5, 0.6) is 0 Å². The third-order valence-corrected chi connectivity index (χ3v) is 5.22. The summed E-state index contributed by atoms with van der Waals surface area (Å²) in [4.78, 5) is 11.9. The van der Waals surface area contributed by atoms with Crippen molar-refractivity contribution < 1.29 is 9.53 Å². The molecule has 1 aliphatic heterocycles. The van der Waals surface area contributed by atoms with Gasteiger partial charge in [-0.2, -0.15) is 11.8 Å². The van der Waals surface area contributed by atoms with Crippen molar-refractivity contribution in [1.29, 1.82) is 0 Å². The highest BCUT2D eigenvalue weighted by Crippen LogP contribution is 2.30. The summed E-state index contributed by atoms with van der Waals surface area (Å²) in [5.74, 6) is 1.37. The molecule has 3 nitrogen and oxygen atoms in total. The normalized spacial score (nSPS) is 31.7. The van der Waals surface area contributed by atoms with Gasteiger partial charge in [-0.15, -0.1) is 0 Å². The first-order valence-electron chi connectivity index (χ1n) is 7.32. The second-order valence-electron chi connectivity index (χ2n) is 5.27. The molecule has 2 rings (SSSR count). The lowest BCUT2D eigenvalue weighted by Crippen LogP contribution is -2.39. The summed E-state index contributed by atoms with van der Waals surface area (Å²) < 4.78 is 5.55. The smallest absolute Gasteiger partial charge is 0.220 e. The molecular formula is C14H25NO2S. The van der Waals surface area contributed by atoms with Crippen LogP contribution in [0.4, 0.5) is 0 Å². The molecule has 0 spiro atoms. The third-order valence-electron chi connectivity index (χ3n) is 3.90. The minimum atomic E-state index is 0.221. The van der Waals surface area contributed by atoms with Gasteiger partial charge in [-0.25, -0.2) is 0 Å². The third kappa shape index (κ3) is 4.16. The Balaban J connectivity index is 1.66. The van der Waals surface area contributed by atoms with Crippen LogP contribution in [-0.2, 0) is 9.53 Å². The lowest BCUT2D eigenvalue weighted by molar-refractivity contribution is -0.122. The monoisotopic (exact) mass is 271 g/mol. The van der Waals surface area contributed by atoms with Crippen molar-refractivity contribution in [3.63, 3.8) is 0 Å². The summed E-state index contributed by atoms with van der Waals surface area (Å²) >= 11 is 1.99. The number of nitrogens with one attached hydrogen (secondary N) is 1. The maximum atomic E-state index is 11.9. The van der Waals surface area contributed by atoms with Crippen LogP contribution in [0.25, 0.3) is 0 Å². The van der Waals surface area contributed by atoms with Crippen molar-refractivity contribution in [2.45, 2.75) is 69.3 Å². The van der Waals surface area contributed by atoms with Gasteiger partial charge in [-0.3, -0.25) is 4.79 Å². The molecule has 4 heteroatoms. The zero-order chi connectivity index (χ0) is 12.8. The molecule has 1 amide bonds. The molecule has 1 saturated heterocycles. The van der Waals surface area contributed by atoms with Gasteiger partial charge in [0.15, 0.2) is 0 Å². The van der Waals surface area contributed by atoms with Crippen molar-refractivity contribution in [2.75, 3.05) is 12.4 Å². The number of hydrogen-bond donors (Lipinski definition) is 1. The lowest BCUT2D eigenvalue weighted by atomic mass is 10.1. The van der Waals surface area contributed by atoms with Gasteiger partial charge in [0.25, 0.3) is 0 Å². The van der Waals surface area contributed by atoms with Crippen molar-refractivity contribution in [3.05, 3.63) is 0 Å².